The number of benzene rings is 1. The van der Waals surface area contributed by atoms with Crippen LogP contribution in [-0.2, 0) is 17.6 Å². The van der Waals surface area contributed by atoms with Crippen LogP contribution in [-0.4, -0.2) is 33.8 Å². The third-order valence-corrected chi connectivity index (χ3v) is 6.83. The van der Waals surface area contributed by atoms with Gasteiger partial charge in [0.25, 0.3) is 5.56 Å². The Hall–Kier alpha value is -2.85. The standard InChI is InChI=1S/C20H20N4O4S2/c1-2-28-12-8-6-11(7-9-12)24-18(26)16-13-4-3-5-14(13)30-17(16)23-20(24)29-10-15(25)22-19(21)27/h6-9H,2-5,10H2,1H3,(H3,21,22,25,27). The van der Waals surface area contributed by atoms with Gasteiger partial charge in [-0.25, -0.2) is 9.78 Å². The number of carbonyl (C=O) groups is 2. The smallest absolute Gasteiger partial charge is 0.318 e. The molecule has 2 aromatic heterocycles. The van der Waals surface area contributed by atoms with Gasteiger partial charge in [0.1, 0.15) is 10.6 Å². The largest absolute Gasteiger partial charge is 0.494 e. The van der Waals surface area contributed by atoms with Gasteiger partial charge < -0.3 is 10.5 Å². The van der Waals surface area contributed by atoms with Crippen LogP contribution in [0.4, 0.5) is 4.79 Å². The van der Waals surface area contributed by atoms with E-state index in [1.165, 1.54) is 9.44 Å². The van der Waals surface area contributed by atoms with Crippen molar-refractivity contribution in [1.82, 2.24) is 14.9 Å². The van der Waals surface area contributed by atoms with E-state index in [9.17, 15) is 14.4 Å². The van der Waals surface area contributed by atoms with Crippen LogP contribution in [0.25, 0.3) is 15.9 Å². The molecule has 8 nitrogen and oxygen atoms in total. The van der Waals surface area contributed by atoms with Crippen molar-refractivity contribution in [3.63, 3.8) is 0 Å². The molecule has 3 aromatic rings. The van der Waals surface area contributed by atoms with E-state index in [4.69, 9.17) is 15.5 Å². The minimum absolute atomic E-state index is 0.0942. The zero-order valence-electron chi connectivity index (χ0n) is 16.3. The predicted octanol–water partition coefficient (Wildman–Crippen LogP) is 2.62. The van der Waals surface area contributed by atoms with E-state index < -0.39 is 11.9 Å². The van der Waals surface area contributed by atoms with Crippen molar-refractivity contribution in [2.45, 2.75) is 31.3 Å². The summed E-state index contributed by atoms with van der Waals surface area (Å²) in [5, 5.41) is 3.07. The Labute approximate surface area is 180 Å². The van der Waals surface area contributed by atoms with Gasteiger partial charge in [0.05, 0.1) is 23.4 Å². The molecule has 30 heavy (non-hydrogen) atoms. The van der Waals surface area contributed by atoms with Crippen LogP contribution in [0.5, 0.6) is 5.75 Å². The molecule has 0 saturated carbocycles. The number of primary amides is 1. The van der Waals surface area contributed by atoms with Crippen LogP contribution < -0.4 is 21.3 Å². The number of amides is 3. The first-order valence-corrected chi connectivity index (χ1v) is 11.3. The highest BCUT2D eigenvalue weighted by Gasteiger charge is 2.24. The summed E-state index contributed by atoms with van der Waals surface area (Å²) < 4.78 is 7.01. The first-order valence-electron chi connectivity index (χ1n) is 9.50. The fourth-order valence-corrected chi connectivity index (χ4v) is 5.63. The highest BCUT2D eigenvalue weighted by atomic mass is 32.2. The fourth-order valence-electron chi connectivity index (χ4n) is 3.51. The molecule has 0 unspecified atom stereocenters. The van der Waals surface area contributed by atoms with Gasteiger partial charge in [-0.15, -0.1) is 11.3 Å². The molecule has 0 bridgehead atoms. The number of urea groups is 1. The van der Waals surface area contributed by atoms with Gasteiger partial charge in [-0.1, -0.05) is 11.8 Å². The maximum atomic E-state index is 13.5. The van der Waals surface area contributed by atoms with Gasteiger partial charge in [0.15, 0.2) is 5.16 Å². The van der Waals surface area contributed by atoms with Crippen molar-refractivity contribution >= 4 is 45.3 Å². The number of thiophene rings is 1. The summed E-state index contributed by atoms with van der Waals surface area (Å²) in [6.45, 7) is 2.45. The molecular formula is C20H20N4O4S2. The number of hydrogen-bond donors (Lipinski definition) is 2. The lowest BCUT2D eigenvalue weighted by Gasteiger charge is -2.13. The molecule has 1 aliphatic carbocycles. The minimum Gasteiger partial charge on any atom is -0.494 e. The molecule has 0 fully saturated rings. The molecule has 3 N–H and O–H groups in total. The number of nitrogens with one attached hydrogen (secondary N) is 1. The monoisotopic (exact) mass is 444 g/mol. The Kier molecular flexibility index (Phi) is 5.78. The zero-order valence-corrected chi connectivity index (χ0v) is 17.9. The fraction of sp³-hybridized carbons (Fsp3) is 0.300. The van der Waals surface area contributed by atoms with Crippen molar-refractivity contribution in [3.05, 3.63) is 45.1 Å². The summed E-state index contributed by atoms with van der Waals surface area (Å²) in [7, 11) is 0. The molecule has 1 aliphatic rings. The summed E-state index contributed by atoms with van der Waals surface area (Å²) in [4.78, 5) is 42.9. The van der Waals surface area contributed by atoms with Crippen molar-refractivity contribution in [1.29, 1.82) is 0 Å². The maximum Gasteiger partial charge on any atom is 0.318 e. The van der Waals surface area contributed by atoms with Crippen LogP contribution in [0.15, 0.2) is 34.2 Å². The first-order chi connectivity index (χ1) is 14.5. The third kappa shape index (κ3) is 3.92. The zero-order chi connectivity index (χ0) is 21.3. The SMILES string of the molecule is CCOc1ccc(-n2c(SCC(=O)NC(N)=O)nc3sc4c(c3c2=O)CCC4)cc1. The second-order valence-corrected chi connectivity index (χ2v) is 8.73. The number of fused-ring (bicyclic) bond motifs is 3. The number of nitrogens with two attached hydrogens (primary N) is 1. The van der Waals surface area contributed by atoms with E-state index in [0.29, 0.717) is 33.4 Å². The lowest BCUT2D eigenvalue weighted by Crippen LogP contribution is -2.36. The van der Waals surface area contributed by atoms with Crippen LogP contribution in [0.3, 0.4) is 0 Å². The van der Waals surface area contributed by atoms with Gasteiger partial charge in [-0.05, 0) is 56.0 Å². The van der Waals surface area contributed by atoms with E-state index in [-0.39, 0.29) is 11.3 Å². The third-order valence-electron chi connectivity index (χ3n) is 4.71. The molecule has 4 rings (SSSR count). The predicted molar refractivity (Wildman–Crippen MR) is 117 cm³/mol. The summed E-state index contributed by atoms with van der Waals surface area (Å²) in [6, 6.07) is 6.26. The quantitative estimate of drug-likeness (QED) is 0.446. The maximum absolute atomic E-state index is 13.5. The van der Waals surface area contributed by atoms with Gasteiger partial charge >= 0.3 is 6.03 Å². The number of thioether (sulfide) groups is 1. The molecule has 0 atom stereocenters. The van der Waals surface area contributed by atoms with E-state index in [2.05, 4.69) is 0 Å². The van der Waals surface area contributed by atoms with Crippen molar-refractivity contribution in [2.75, 3.05) is 12.4 Å². The Morgan fingerprint density at radius 1 is 1.30 bits per heavy atom. The molecule has 0 saturated heterocycles. The highest BCUT2D eigenvalue weighted by Crippen LogP contribution is 2.36. The number of hydrogen-bond acceptors (Lipinski definition) is 7. The molecule has 0 aliphatic heterocycles. The summed E-state index contributed by atoms with van der Waals surface area (Å²) in [5.74, 6) is 0.0618. The average Bonchev–Trinajstić information content (AvgIpc) is 3.28. The second kappa shape index (κ2) is 8.49. The van der Waals surface area contributed by atoms with Crippen LogP contribution >= 0.6 is 23.1 Å². The Bertz CT molecular complexity index is 1180. The van der Waals surface area contributed by atoms with Gasteiger partial charge in [-0.2, -0.15) is 0 Å². The molecule has 10 heteroatoms. The lowest BCUT2D eigenvalue weighted by molar-refractivity contribution is -0.117. The number of rotatable bonds is 6. The summed E-state index contributed by atoms with van der Waals surface area (Å²) in [5.41, 5.74) is 6.57. The van der Waals surface area contributed by atoms with Gasteiger partial charge in [-0.3, -0.25) is 19.5 Å². The van der Waals surface area contributed by atoms with E-state index in [1.54, 1.807) is 35.6 Å². The average molecular weight is 445 g/mol. The van der Waals surface area contributed by atoms with Gasteiger partial charge in [0, 0.05) is 4.88 Å². The molecule has 156 valence electrons. The van der Waals surface area contributed by atoms with Crippen LogP contribution in [0.2, 0.25) is 0 Å². The number of aromatic nitrogens is 2. The first kappa shape index (κ1) is 20.4. The number of aryl methyl sites for hydroxylation is 2. The molecule has 3 amide bonds. The molecule has 0 spiro atoms. The second-order valence-electron chi connectivity index (χ2n) is 6.70. The van der Waals surface area contributed by atoms with Crippen molar-refractivity contribution in [3.8, 4) is 11.4 Å². The van der Waals surface area contributed by atoms with E-state index >= 15 is 0 Å². The Balaban J connectivity index is 1.80. The van der Waals surface area contributed by atoms with Crippen LogP contribution in [0.1, 0.15) is 23.8 Å². The lowest BCUT2D eigenvalue weighted by atomic mass is 10.2. The van der Waals surface area contributed by atoms with E-state index in [1.807, 2.05) is 12.2 Å². The molecule has 1 aromatic carbocycles. The number of nitrogens with zero attached hydrogens (tertiary/aromatic N) is 2. The number of ether oxygens (including phenoxy) is 1. The minimum atomic E-state index is -0.914. The molecule has 0 radical (unpaired) electrons. The summed E-state index contributed by atoms with van der Waals surface area (Å²) in [6.07, 6.45) is 2.88. The topological polar surface area (TPSA) is 116 Å². The summed E-state index contributed by atoms with van der Waals surface area (Å²) >= 11 is 2.62. The van der Waals surface area contributed by atoms with Crippen LogP contribution in [0, 0.1) is 0 Å². The Morgan fingerprint density at radius 2 is 2.07 bits per heavy atom. The highest BCUT2D eigenvalue weighted by molar-refractivity contribution is 7.99. The molecule has 2 heterocycles. The Morgan fingerprint density at radius 3 is 2.77 bits per heavy atom. The number of imide groups is 1. The van der Waals surface area contributed by atoms with E-state index in [0.717, 1.165) is 36.6 Å². The normalized spacial score (nSPS) is 12.7. The number of carbonyl (C=O) groups excluding carboxylic acids is 2. The van der Waals surface area contributed by atoms with Crippen molar-refractivity contribution in [2.24, 2.45) is 5.73 Å². The van der Waals surface area contributed by atoms with Gasteiger partial charge in [0.2, 0.25) is 5.91 Å². The molecular weight excluding hydrogens is 424 g/mol. The van der Waals surface area contributed by atoms with Crippen molar-refractivity contribution < 1.29 is 14.3 Å².